The van der Waals surface area contributed by atoms with E-state index in [4.69, 9.17) is 65.7 Å². The molecule has 3 aliphatic rings. The summed E-state index contributed by atoms with van der Waals surface area (Å²) in [5.41, 5.74) is 21.6. The number of anilines is 2. The molecule has 0 atom stereocenters. The van der Waals surface area contributed by atoms with Gasteiger partial charge < -0.3 is 100 Å². The number of aromatic nitrogens is 8. The van der Waals surface area contributed by atoms with Crippen LogP contribution in [0, 0.1) is 4.77 Å². The second-order valence-corrected chi connectivity index (χ2v) is 31.4. The number of carbonyl (C=O) groups excluding carboxylic acids is 4. The second kappa shape index (κ2) is 56.1. The van der Waals surface area contributed by atoms with Crippen LogP contribution in [-0.4, -0.2) is 232 Å². The molecule has 0 unspecified atom stereocenters. The van der Waals surface area contributed by atoms with E-state index in [2.05, 4.69) is 80.6 Å². The molecule has 4 aromatic heterocycles. The van der Waals surface area contributed by atoms with Crippen molar-refractivity contribution in [3.8, 4) is 23.0 Å². The number of ether oxygens (including phenoxy) is 10. The number of fused-ring (bicyclic) bond motifs is 4. The van der Waals surface area contributed by atoms with Crippen LogP contribution in [0.15, 0.2) is 210 Å². The lowest BCUT2D eigenvalue weighted by Crippen LogP contribution is -3.00. The lowest BCUT2D eigenvalue weighted by Gasteiger charge is -2.26. The summed E-state index contributed by atoms with van der Waals surface area (Å²) in [7, 11) is 7.44. The average molecular weight is 1950 g/mol. The number of aliphatic hydroxyl groups is 1. The number of methoxy groups -OCH3 is 5. The van der Waals surface area contributed by atoms with Gasteiger partial charge in [0, 0.05) is 111 Å². The van der Waals surface area contributed by atoms with Gasteiger partial charge in [0.2, 0.25) is 0 Å². The number of para-hydroxylation sites is 2. The first kappa shape index (κ1) is 105. The lowest BCUT2D eigenvalue weighted by atomic mass is 10.1. The summed E-state index contributed by atoms with van der Waals surface area (Å²) >= 11 is 13.2. The van der Waals surface area contributed by atoms with E-state index in [1.807, 2.05) is 146 Å². The third kappa shape index (κ3) is 33.7. The summed E-state index contributed by atoms with van der Waals surface area (Å²) < 4.78 is 52.7. The summed E-state index contributed by atoms with van der Waals surface area (Å²) in [6.07, 6.45) is 0. The van der Waals surface area contributed by atoms with Crippen molar-refractivity contribution in [2.75, 3.05) is 165 Å². The third-order valence-electron chi connectivity index (χ3n) is 19.2. The molecule has 16 rings (SSSR count). The van der Waals surface area contributed by atoms with Crippen LogP contribution in [0.25, 0.3) is 44.1 Å². The van der Waals surface area contributed by atoms with Gasteiger partial charge >= 0.3 is 23.1 Å². The molecule has 1 amide bonds. The predicted molar refractivity (Wildman–Crippen MR) is 510 cm³/mol. The summed E-state index contributed by atoms with van der Waals surface area (Å²) in [6, 6.07) is 60.4. The molecular weight excluding hydrogens is 1830 g/mol. The minimum absolute atomic E-state index is 0. The number of benzene rings is 9. The van der Waals surface area contributed by atoms with Crippen LogP contribution in [0.3, 0.4) is 0 Å². The largest absolute Gasteiger partial charge is 1.00 e. The molecular formula is C93H117Br2N13O15S4. The van der Waals surface area contributed by atoms with Crippen LogP contribution >= 0.6 is 63.4 Å². The van der Waals surface area contributed by atoms with Crippen LogP contribution in [0.2, 0.25) is 0 Å². The van der Waals surface area contributed by atoms with E-state index in [1.165, 1.54) is 21.3 Å². The topological polar surface area (TPSA) is 347 Å². The van der Waals surface area contributed by atoms with E-state index < -0.39 is 0 Å². The fraction of sp³-hybridized carbons (Fsp3) is 0.333. The maximum atomic E-state index is 12.5. The number of hydrogen-bond acceptors (Lipinski definition) is 25. The van der Waals surface area contributed by atoms with Crippen molar-refractivity contribution in [2.45, 2.75) is 67.8 Å². The molecule has 0 bridgehead atoms. The Hall–Kier alpha value is -10.3. The van der Waals surface area contributed by atoms with Crippen molar-refractivity contribution in [3.63, 3.8) is 0 Å². The first-order valence-electron chi connectivity index (χ1n) is 39.4. The number of β-amino-alcohol motifs (C(OH)–C–C–N with tert-alkyl or cyclic N) is 1. The molecule has 3 saturated heterocycles. The Morgan fingerprint density at radius 2 is 0.866 bits per heavy atom. The number of morpholine rings is 3. The van der Waals surface area contributed by atoms with Gasteiger partial charge in [0.15, 0.2) is 26.1 Å². The number of amides is 1. The van der Waals surface area contributed by atoms with Gasteiger partial charge in [-0.25, -0.2) is 34.3 Å². The maximum Gasteiger partial charge on any atom is 0.337 e. The van der Waals surface area contributed by atoms with Crippen LogP contribution < -0.4 is 52.0 Å². The molecule has 7 heterocycles. The Morgan fingerprint density at radius 3 is 1.30 bits per heavy atom. The monoisotopic (exact) mass is 1940 g/mol. The van der Waals surface area contributed by atoms with Crippen molar-refractivity contribution >= 4 is 143 Å². The van der Waals surface area contributed by atoms with Crippen molar-refractivity contribution in [2.24, 2.45) is 0 Å². The van der Waals surface area contributed by atoms with Crippen LogP contribution in [-0.2, 0) is 51.0 Å². The molecule has 10 N–H and O–H groups in total. The van der Waals surface area contributed by atoms with Crippen LogP contribution in [0.4, 0.5) is 11.4 Å². The normalized spacial score (nSPS) is 12.9. The first-order chi connectivity index (χ1) is 59.5. The standard InChI is InChI=1S/C27H29N5O3S.C22H25N3O4S.C17H16N2O3S.C9H9BrO2.C8H8N2OS.C6H13NO2.4CH4.BrH/c28-22-3-1-2-4-23(22)29-26(33)20-7-5-19(6-8-20)18-36-27-30-24-10-9-21(17-25(24)31-27)35-16-13-32-11-14-34-15-12-32;1-27-21(26)17-4-2-16(3-5-17)15-30-22-23-19-7-6-18(14-20(19)24-22)29-13-10-25-8-11-28-12-9-25;1-21-13-7-8-14-15(9-13)19-17(18-14)23-10-11-3-5-12(6-4-11)16(20)22-2;1-12-9(11)8-4-2-7(6-10)3-5-8;1-11-5-2-3-6-7(4-5)10-8(12)9-6;8-4-1-7-2-5-9-6-3-7;;;;;/h1-10,17H,11-16,18,28H2,(H,29,33)(H,30,31);2-7,14H,8-13,15H2,1H3,(H,23,24);3-9H,10H2,1-2H3,(H,18,19);2-5H,6H2,1H3;2-4H,1H3,(H2,9,10,12);8H,1-6H2;4*1H4;1H. The highest BCUT2D eigenvalue weighted by Gasteiger charge is 2.18. The number of aromatic amines is 6. The number of esters is 3. The van der Waals surface area contributed by atoms with Gasteiger partial charge in [-0.1, -0.05) is 130 Å². The second-order valence-electron chi connectivity index (χ2n) is 27.5. The van der Waals surface area contributed by atoms with E-state index in [9.17, 15) is 19.2 Å². The molecule has 0 radical (unpaired) electrons. The van der Waals surface area contributed by atoms with Gasteiger partial charge in [-0.05, 0) is 155 Å². The quantitative estimate of drug-likeness (QED) is 0.00592. The summed E-state index contributed by atoms with van der Waals surface area (Å²) in [5.74, 6) is 4.48. The SMILES string of the molecule is C.C.C.C.COC(=O)c1ccc(CBr)cc1.COC(=O)c1ccc(CSc2[nH]c3cc(OC)ccc3[nH+]2)cc1.COC(=O)c1ccc(CSc2nc3ccc(OCCN4CCOCC4)cc3[nH]2)cc1.COc1ccc2[nH]c(=S)[nH]c2c1.Nc1ccccc1NC(=O)c1ccc(CSc2nc3ccc(OCCN4CCOCC4)cc3[nH]2)cc1.OCCN1CCOCC1.[Br-]. The summed E-state index contributed by atoms with van der Waals surface area (Å²) in [5, 5.41) is 14.9. The van der Waals surface area contributed by atoms with Crippen molar-refractivity contribution in [1.29, 1.82) is 0 Å². The number of halogens is 2. The highest BCUT2D eigenvalue weighted by Crippen LogP contribution is 2.30. The molecule has 9 aromatic carbocycles. The molecule has 3 fully saturated rings. The number of rotatable bonds is 27. The molecule has 34 heteroatoms. The predicted octanol–water partition coefficient (Wildman–Crippen LogP) is 14.3. The molecule has 3 aliphatic heterocycles. The van der Waals surface area contributed by atoms with Crippen molar-refractivity contribution in [1.82, 2.24) is 49.6 Å². The average Bonchev–Trinajstić information content (AvgIpc) is 1.70. The Kier molecular flexibility index (Phi) is 46.6. The van der Waals surface area contributed by atoms with Gasteiger partial charge in [-0.15, -0.1) is 0 Å². The van der Waals surface area contributed by atoms with Crippen molar-refractivity contribution in [3.05, 3.63) is 243 Å². The number of nitrogens with zero attached hydrogens (tertiary/aromatic N) is 5. The number of nitrogen functional groups attached to an aromatic ring is 1. The number of hydrogen-bond donors (Lipinski definition) is 8. The molecule has 0 saturated carbocycles. The molecule has 0 aliphatic carbocycles. The number of alkyl halides is 1. The molecule has 127 heavy (non-hydrogen) atoms. The molecule has 682 valence electrons. The highest BCUT2D eigenvalue weighted by atomic mass is 79.9. The van der Waals surface area contributed by atoms with Crippen LogP contribution in [0.5, 0.6) is 23.0 Å². The van der Waals surface area contributed by atoms with Gasteiger partial charge in [0.05, 0.1) is 143 Å². The summed E-state index contributed by atoms with van der Waals surface area (Å²) in [6.45, 7) is 14.8. The smallest absolute Gasteiger partial charge is 0.337 e. The number of nitrogens with two attached hydrogens (primary N) is 1. The highest BCUT2D eigenvalue weighted by molar-refractivity contribution is 9.08. The van der Waals surface area contributed by atoms with Gasteiger partial charge in [0.25, 0.3) is 5.91 Å². The minimum atomic E-state index is -0.325. The number of aliphatic hydroxyl groups excluding tert-OH is 1. The van der Waals surface area contributed by atoms with Gasteiger partial charge in [-0.3, -0.25) is 19.5 Å². The van der Waals surface area contributed by atoms with E-state index in [1.54, 1.807) is 98.0 Å². The first-order valence-corrected chi connectivity index (χ1v) is 43.9. The zero-order valence-electron chi connectivity index (χ0n) is 68.9. The fourth-order valence-electron chi connectivity index (χ4n) is 12.4. The lowest BCUT2D eigenvalue weighted by molar-refractivity contribution is -0.396. The van der Waals surface area contributed by atoms with Gasteiger partial charge in [0.1, 0.15) is 36.2 Å². The van der Waals surface area contributed by atoms with E-state index in [0.717, 1.165) is 226 Å². The number of thioether (sulfide) groups is 3. The molecule has 28 nitrogen and oxygen atoms in total. The molecule has 13 aromatic rings. The number of nitrogens with one attached hydrogen (secondary N) is 7. The summed E-state index contributed by atoms with van der Waals surface area (Å²) in [4.78, 5) is 82.1. The van der Waals surface area contributed by atoms with Crippen molar-refractivity contribution < 1.29 is 93.6 Å². The third-order valence-corrected chi connectivity index (χ3v) is 22.9. The number of carbonyl (C=O) groups is 4. The Bertz CT molecular complexity index is 5510. The zero-order valence-corrected chi connectivity index (χ0v) is 75.3. The van der Waals surface area contributed by atoms with Crippen LogP contribution in [0.1, 0.15) is 93.4 Å². The molecule has 0 spiro atoms. The number of imidazole rings is 4. The Morgan fingerprint density at radius 1 is 0.472 bits per heavy atom. The fourth-order valence-corrected chi connectivity index (χ4v) is 15.5. The van der Waals surface area contributed by atoms with E-state index in [-0.39, 0.29) is 77.1 Å². The van der Waals surface area contributed by atoms with E-state index in [0.29, 0.717) is 51.6 Å². The zero-order chi connectivity index (χ0) is 85.8. The number of H-pyrrole nitrogens is 6. The Labute approximate surface area is 779 Å². The van der Waals surface area contributed by atoms with E-state index >= 15 is 0 Å². The van der Waals surface area contributed by atoms with Gasteiger partial charge in [-0.2, -0.15) is 0 Å². The minimum Gasteiger partial charge on any atom is -1.00 e. The maximum absolute atomic E-state index is 12.5. The Balaban J connectivity index is 0.000000248.